The van der Waals surface area contributed by atoms with Crippen molar-refractivity contribution in [3.8, 4) is 0 Å². The molecule has 0 aliphatic rings. The Balaban J connectivity index is 2.38. The van der Waals surface area contributed by atoms with Crippen molar-refractivity contribution in [2.45, 2.75) is 4.90 Å². The van der Waals surface area contributed by atoms with Crippen molar-refractivity contribution >= 4 is 27.1 Å². The van der Waals surface area contributed by atoms with Crippen LogP contribution in [-0.2, 0) is 10.0 Å². The quantitative estimate of drug-likeness (QED) is 0.850. The normalized spacial score (nSPS) is 11.6. The van der Waals surface area contributed by atoms with E-state index in [1.807, 2.05) is 0 Å². The Hall–Kier alpha value is -2.12. The highest BCUT2D eigenvalue weighted by atomic mass is 32.2. The lowest BCUT2D eigenvalue weighted by Crippen LogP contribution is -2.22. The average molecular weight is 309 g/mol. The van der Waals surface area contributed by atoms with Gasteiger partial charge in [0.05, 0.1) is 16.3 Å². The predicted molar refractivity (Wildman–Crippen MR) is 81.4 cm³/mol. The number of sulfonamides is 1. The van der Waals surface area contributed by atoms with Gasteiger partial charge in [0.25, 0.3) is 0 Å². The number of hydrogen-bond acceptors (Lipinski definition) is 4. The lowest BCUT2D eigenvalue weighted by molar-refractivity contribution is 0.521. The molecule has 7 heteroatoms. The van der Waals surface area contributed by atoms with E-state index in [9.17, 15) is 12.8 Å². The van der Waals surface area contributed by atoms with E-state index < -0.39 is 10.0 Å². The molecular weight excluding hydrogens is 293 g/mol. The van der Waals surface area contributed by atoms with Gasteiger partial charge in [-0.25, -0.2) is 17.1 Å². The van der Waals surface area contributed by atoms with Gasteiger partial charge in [0, 0.05) is 19.8 Å². The number of nitrogens with zero attached hydrogens (tertiary/aromatic N) is 1. The summed E-state index contributed by atoms with van der Waals surface area (Å²) in [4.78, 5) is 0.131. The van der Waals surface area contributed by atoms with Crippen molar-refractivity contribution < 1.29 is 12.8 Å². The van der Waals surface area contributed by atoms with Crippen molar-refractivity contribution in [1.29, 1.82) is 0 Å². The van der Waals surface area contributed by atoms with Crippen molar-refractivity contribution in [3.63, 3.8) is 0 Å². The van der Waals surface area contributed by atoms with Crippen LogP contribution in [0.25, 0.3) is 0 Å². The molecule has 0 fully saturated rings. The zero-order chi connectivity index (χ0) is 15.6. The second-order valence-electron chi connectivity index (χ2n) is 4.67. The molecule has 0 saturated heterocycles. The average Bonchev–Trinajstić information content (AvgIpc) is 2.43. The smallest absolute Gasteiger partial charge is 0.242 e. The van der Waals surface area contributed by atoms with Gasteiger partial charge >= 0.3 is 0 Å². The summed E-state index contributed by atoms with van der Waals surface area (Å²) >= 11 is 0. The van der Waals surface area contributed by atoms with Crippen LogP contribution in [0.1, 0.15) is 0 Å². The maximum atomic E-state index is 12.9. The van der Waals surface area contributed by atoms with E-state index in [0.29, 0.717) is 17.1 Å². The summed E-state index contributed by atoms with van der Waals surface area (Å²) in [5, 5.41) is 2.98. The Morgan fingerprint density at radius 3 is 2.29 bits per heavy atom. The number of benzene rings is 2. The van der Waals surface area contributed by atoms with E-state index in [-0.39, 0.29) is 10.7 Å². The van der Waals surface area contributed by atoms with Crippen LogP contribution in [0, 0.1) is 5.82 Å². The van der Waals surface area contributed by atoms with Crippen LogP contribution >= 0.6 is 0 Å². The van der Waals surface area contributed by atoms with Crippen LogP contribution in [0.15, 0.2) is 47.4 Å². The number of anilines is 3. The van der Waals surface area contributed by atoms with Gasteiger partial charge in [-0.1, -0.05) is 0 Å². The molecule has 2 rings (SSSR count). The molecule has 0 aliphatic carbocycles. The van der Waals surface area contributed by atoms with E-state index in [2.05, 4.69) is 5.32 Å². The van der Waals surface area contributed by atoms with Crippen molar-refractivity contribution in [3.05, 3.63) is 48.3 Å². The Morgan fingerprint density at radius 2 is 1.71 bits per heavy atom. The lowest BCUT2D eigenvalue weighted by Gasteiger charge is -2.14. The Morgan fingerprint density at radius 1 is 1.10 bits per heavy atom. The van der Waals surface area contributed by atoms with Crippen molar-refractivity contribution in [1.82, 2.24) is 4.31 Å². The third-order valence-corrected chi connectivity index (χ3v) is 4.74. The number of rotatable bonds is 4. The van der Waals surface area contributed by atoms with Crippen LogP contribution < -0.4 is 11.1 Å². The maximum absolute atomic E-state index is 12.9. The molecule has 0 aromatic heterocycles. The maximum Gasteiger partial charge on any atom is 0.242 e. The van der Waals surface area contributed by atoms with E-state index in [4.69, 9.17) is 5.73 Å². The fraction of sp³-hybridized carbons (Fsp3) is 0.143. The number of halogens is 1. The third-order valence-electron chi connectivity index (χ3n) is 2.93. The van der Waals surface area contributed by atoms with Gasteiger partial charge in [0.15, 0.2) is 0 Å². The SMILES string of the molecule is CN(C)S(=O)(=O)c1ccc(N)c(Nc2ccc(F)cc2)c1. The molecule has 0 radical (unpaired) electrons. The fourth-order valence-corrected chi connectivity index (χ4v) is 2.63. The molecule has 0 unspecified atom stereocenters. The van der Waals surface area contributed by atoms with Crippen LogP contribution in [0.2, 0.25) is 0 Å². The summed E-state index contributed by atoms with van der Waals surface area (Å²) in [7, 11) is -0.623. The van der Waals surface area contributed by atoms with Gasteiger partial charge in [-0.15, -0.1) is 0 Å². The van der Waals surface area contributed by atoms with Crippen molar-refractivity contribution in [2.75, 3.05) is 25.1 Å². The molecule has 0 atom stereocenters. The highest BCUT2D eigenvalue weighted by Gasteiger charge is 2.18. The zero-order valence-electron chi connectivity index (χ0n) is 11.7. The molecule has 5 nitrogen and oxygen atoms in total. The summed E-state index contributed by atoms with van der Waals surface area (Å²) in [5.74, 6) is -0.350. The molecular formula is C14H16FN3O2S. The summed E-state index contributed by atoms with van der Waals surface area (Å²) < 4.78 is 38.2. The molecule has 0 spiro atoms. The van der Waals surface area contributed by atoms with Crippen LogP contribution in [-0.4, -0.2) is 26.8 Å². The fourth-order valence-electron chi connectivity index (χ4n) is 1.70. The first-order valence-corrected chi connectivity index (χ1v) is 7.59. The van der Waals surface area contributed by atoms with Gasteiger partial charge in [0.2, 0.25) is 10.0 Å². The first kappa shape index (κ1) is 15.3. The number of nitrogens with two attached hydrogens (primary N) is 1. The Bertz CT molecular complexity index is 743. The molecule has 2 aromatic carbocycles. The molecule has 0 saturated carbocycles. The summed E-state index contributed by atoms with van der Waals surface area (Å²) in [6, 6.07) is 10.1. The van der Waals surface area contributed by atoms with Gasteiger partial charge in [0.1, 0.15) is 5.82 Å². The molecule has 21 heavy (non-hydrogen) atoms. The minimum atomic E-state index is -3.54. The largest absolute Gasteiger partial charge is 0.397 e. The highest BCUT2D eigenvalue weighted by Crippen LogP contribution is 2.27. The Labute approximate surface area is 123 Å². The Kier molecular flexibility index (Phi) is 4.15. The molecule has 0 heterocycles. The molecule has 0 amide bonds. The summed E-state index contributed by atoms with van der Waals surface area (Å²) in [6.07, 6.45) is 0. The minimum Gasteiger partial charge on any atom is -0.397 e. The molecule has 112 valence electrons. The minimum absolute atomic E-state index is 0.131. The van der Waals surface area contributed by atoms with E-state index in [1.165, 1.54) is 44.4 Å². The van der Waals surface area contributed by atoms with Gasteiger partial charge in [-0.3, -0.25) is 0 Å². The topological polar surface area (TPSA) is 75.4 Å². The first-order valence-electron chi connectivity index (χ1n) is 6.15. The zero-order valence-corrected chi connectivity index (χ0v) is 12.5. The van der Waals surface area contributed by atoms with Crippen molar-refractivity contribution in [2.24, 2.45) is 0 Å². The summed E-state index contributed by atoms with van der Waals surface area (Å²) in [5.41, 5.74) is 7.30. The number of nitrogens with one attached hydrogen (secondary N) is 1. The van der Waals surface area contributed by atoms with Gasteiger partial charge < -0.3 is 11.1 Å². The molecule has 2 aromatic rings. The van der Waals surface area contributed by atoms with Crippen LogP contribution in [0.3, 0.4) is 0 Å². The third kappa shape index (κ3) is 3.32. The standard InChI is InChI=1S/C14H16FN3O2S/c1-18(2)21(19,20)12-7-8-13(16)14(9-12)17-11-5-3-10(15)4-6-11/h3-9,17H,16H2,1-2H3. The van der Waals surface area contributed by atoms with E-state index >= 15 is 0 Å². The second kappa shape index (κ2) is 5.71. The second-order valence-corrected chi connectivity index (χ2v) is 6.82. The van der Waals surface area contributed by atoms with Gasteiger partial charge in [-0.05, 0) is 42.5 Å². The lowest BCUT2D eigenvalue weighted by atomic mass is 10.2. The summed E-state index contributed by atoms with van der Waals surface area (Å²) in [6.45, 7) is 0. The molecule has 3 N–H and O–H groups in total. The first-order chi connectivity index (χ1) is 9.80. The molecule has 0 bridgehead atoms. The van der Waals surface area contributed by atoms with E-state index in [0.717, 1.165) is 4.31 Å². The van der Waals surface area contributed by atoms with E-state index in [1.54, 1.807) is 12.1 Å². The number of nitrogen functional groups attached to an aromatic ring is 1. The van der Waals surface area contributed by atoms with Crippen LogP contribution in [0.5, 0.6) is 0 Å². The highest BCUT2D eigenvalue weighted by molar-refractivity contribution is 7.89. The van der Waals surface area contributed by atoms with Gasteiger partial charge in [-0.2, -0.15) is 0 Å². The predicted octanol–water partition coefficient (Wildman–Crippen LogP) is 2.40. The molecule has 0 aliphatic heterocycles. The monoisotopic (exact) mass is 309 g/mol. The van der Waals surface area contributed by atoms with Crippen LogP contribution in [0.4, 0.5) is 21.5 Å². The number of hydrogen-bond donors (Lipinski definition) is 2.